The number of benzene rings is 1. The summed E-state index contributed by atoms with van der Waals surface area (Å²) in [4.78, 5) is 11.3. The summed E-state index contributed by atoms with van der Waals surface area (Å²) < 4.78 is 15.2. The molecule has 2 atom stereocenters. The van der Waals surface area contributed by atoms with Crippen LogP contribution in [0.4, 0.5) is 0 Å². The van der Waals surface area contributed by atoms with Gasteiger partial charge < -0.3 is 19.5 Å². The smallest absolute Gasteiger partial charge is 0.309 e. The van der Waals surface area contributed by atoms with E-state index >= 15 is 0 Å². The van der Waals surface area contributed by atoms with Crippen molar-refractivity contribution in [3.05, 3.63) is 23.8 Å². The van der Waals surface area contributed by atoms with Crippen LogP contribution in [0.1, 0.15) is 25.5 Å². The third-order valence-electron chi connectivity index (χ3n) is 3.24. The fourth-order valence-corrected chi connectivity index (χ4v) is 1.88. The average Bonchev–Trinajstić information content (AvgIpc) is 2.50. The molecule has 0 radical (unpaired) electrons. The van der Waals surface area contributed by atoms with E-state index in [9.17, 15) is 4.79 Å². The first-order valence-electron chi connectivity index (χ1n) is 6.56. The van der Waals surface area contributed by atoms with Gasteiger partial charge in [0.15, 0.2) is 11.5 Å². The largest absolute Gasteiger partial charge is 0.493 e. The molecule has 0 amide bonds. The van der Waals surface area contributed by atoms with E-state index in [4.69, 9.17) is 14.2 Å². The number of hydrogen-bond donors (Lipinski definition) is 1. The van der Waals surface area contributed by atoms with Gasteiger partial charge in [0.1, 0.15) is 0 Å². The highest BCUT2D eigenvalue weighted by atomic mass is 16.5. The second kappa shape index (κ2) is 7.75. The number of carbonyl (C=O) groups excluding carboxylic acids is 1. The minimum absolute atomic E-state index is 0.0990. The molecule has 0 fully saturated rings. The predicted octanol–water partition coefficient (Wildman–Crippen LogP) is 2.16. The number of rotatable bonds is 7. The Morgan fingerprint density at radius 2 is 1.80 bits per heavy atom. The van der Waals surface area contributed by atoms with Gasteiger partial charge in [-0.15, -0.1) is 0 Å². The van der Waals surface area contributed by atoms with E-state index in [0.29, 0.717) is 18.0 Å². The van der Waals surface area contributed by atoms with Crippen LogP contribution >= 0.6 is 0 Å². The van der Waals surface area contributed by atoms with Crippen molar-refractivity contribution < 1.29 is 19.0 Å². The lowest BCUT2D eigenvalue weighted by Crippen LogP contribution is -2.29. The number of methoxy groups -OCH3 is 3. The van der Waals surface area contributed by atoms with Gasteiger partial charge in [-0.25, -0.2) is 0 Å². The molecule has 1 N–H and O–H groups in total. The lowest BCUT2D eigenvalue weighted by Gasteiger charge is -2.18. The zero-order valence-corrected chi connectivity index (χ0v) is 12.7. The normalized spacial score (nSPS) is 13.4. The fourth-order valence-electron chi connectivity index (χ4n) is 1.88. The van der Waals surface area contributed by atoms with Crippen LogP contribution < -0.4 is 14.8 Å². The summed E-state index contributed by atoms with van der Waals surface area (Å²) in [5.74, 6) is 1.01. The van der Waals surface area contributed by atoms with E-state index in [1.54, 1.807) is 14.2 Å². The summed E-state index contributed by atoms with van der Waals surface area (Å²) in [5.41, 5.74) is 1.07. The van der Waals surface area contributed by atoms with Gasteiger partial charge >= 0.3 is 5.97 Å². The number of carbonyl (C=O) groups is 1. The first kappa shape index (κ1) is 16.3. The van der Waals surface area contributed by atoms with Crippen LogP contribution in [0.2, 0.25) is 0 Å². The molecule has 5 heteroatoms. The van der Waals surface area contributed by atoms with Gasteiger partial charge in [0.2, 0.25) is 0 Å². The zero-order valence-electron chi connectivity index (χ0n) is 12.7. The quantitative estimate of drug-likeness (QED) is 0.776. The molecule has 0 saturated carbocycles. The third-order valence-corrected chi connectivity index (χ3v) is 3.24. The Hall–Kier alpha value is -1.75. The monoisotopic (exact) mass is 281 g/mol. The first-order valence-corrected chi connectivity index (χ1v) is 6.56. The van der Waals surface area contributed by atoms with Crippen molar-refractivity contribution in [3.8, 4) is 11.5 Å². The van der Waals surface area contributed by atoms with Crippen molar-refractivity contribution in [2.24, 2.45) is 5.92 Å². The second-order valence-electron chi connectivity index (χ2n) is 4.67. The van der Waals surface area contributed by atoms with Crippen molar-refractivity contribution in [1.82, 2.24) is 5.32 Å². The molecular formula is C15H23NO4. The maximum atomic E-state index is 11.3. The highest BCUT2D eigenvalue weighted by molar-refractivity contribution is 5.72. The zero-order chi connectivity index (χ0) is 15.1. The number of esters is 1. The molecule has 0 aliphatic carbocycles. The summed E-state index contributed by atoms with van der Waals surface area (Å²) in [5, 5.41) is 3.31. The summed E-state index contributed by atoms with van der Waals surface area (Å²) in [7, 11) is 4.62. The van der Waals surface area contributed by atoms with Crippen LogP contribution in [0, 0.1) is 5.92 Å². The Labute approximate surface area is 120 Å². The van der Waals surface area contributed by atoms with Crippen LogP contribution in [-0.4, -0.2) is 33.8 Å². The lowest BCUT2D eigenvalue weighted by molar-refractivity contribution is -0.144. The molecule has 0 aliphatic rings. The van der Waals surface area contributed by atoms with Crippen LogP contribution in [0.5, 0.6) is 11.5 Å². The number of ether oxygens (including phenoxy) is 3. The molecule has 2 unspecified atom stereocenters. The Morgan fingerprint density at radius 1 is 1.15 bits per heavy atom. The Balaban J connectivity index is 2.68. The first-order chi connectivity index (χ1) is 9.53. The minimum Gasteiger partial charge on any atom is -0.493 e. The highest BCUT2D eigenvalue weighted by Crippen LogP contribution is 2.29. The maximum absolute atomic E-state index is 11.3. The second-order valence-corrected chi connectivity index (χ2v) is 4.67. The summed E-state index contributed by atoms with van der Waals surface area (Å²) in [6.07, 6.45) is 0. The Bertz CT molecular complexity index is 447. The van der Waals surface area contributed by atoms with Crippen molar-refractivity contribution in [1.29, 1.82) is 0 Å². The highest BCUT2D eigenvalue weighted by Gasteiger charge is 2.15. The Morgan fingerprint density at radius 3 is 2.35 bits per heavy atom. The molecule has 1 rings (SSSR count). The van der Waals surface area contributed by atoms with Gasteiger partial charge in [0.05, 0.1) is 27.2 Å². The summed E-state index contributed by atoms with van der Waals surface area (Å²) in [6.45, 7) is 4.42. The number of hydrogen-bond acceptors (Lipinski definition) is 5. The van der Waals surface area contributed by atoms with Crippen molar-refractivity contribution in [2.75, 3.05) is 27.9 Å². The van der Waals surface area contributed by atoms with E-state index in [1.807, 2.05) is 32.0 Å². The SMILES string of the molecule is COC(=O)C(C)CNC(C)c1ccc(OC)c(OC)c1. The van der Waals surface area contributed by atoms with E-state index in [0.717, 1.165) is 5.56 Å². The molecule has 0 bridgehead atoms. The van der Waals surface area contributed by atoms with Gasteiger partial charge in [-0.1, -0.05) is 13.0 Å². The van der Waals surface area contributed by atoms with Gasteiger partial charge in [0.25, 0.3) is 0 Å². The fraction of sp³-hybridized carbons (Fsp3) is 0.533. The van der Waals surface area contributed by atoms with Crippen molar-refractivity contribution in [2.45, 2.75) is 19.9 Å². The van der Waals surface area contributed by atoms with Gasteiger partial charge in [0, 0.05) is 12.6 Å². The molecule has 0 aromatic heterocycles. The molecule has 20 heavy (non-hydrogen) atoms. The van der Waals surface area contributed by atoms with E-state index in [2.05, 4.69) is 5.32 Å². The molecule has 112 valence electrons. The van der Waals surface area contributed by atoms with Crippen molar-refractivity contribution in [3.63, 3.8) is 0 Å². The average molecular weight is 281 g/mol. The minimum atomic E-state index is -0.211. The molecule has 1 aromatic carbocycles. The predicted molar refractivity (Wildman–Crippen MR) is 77.1 cm³/mol. The van der Waals surface area contributed by atoms with Crippen LogP contribution in [-0.2, 0) is 9.53 Å². The van der Waals surface area contributed by atoms with E-state index in [-0.39, 0.29) is 17.9 Å². The van der Waals surface area contributed by atoms with Gasteiger partial charge in [-0.2, -0.15) is 0 Å². The maximum Gasteiger partial charge on any atom is 0.309 e. The van der Waals surface area contributed by atoms with Crippen LogP contribution in [0.25, 0.3) is 0 Å². The molecule has 0 spiro atoms. The molecule has 5 nitrogen and oxygen atoms in total. The molecule has 0 aliphatic heterocycles. The van der Waals surface area contributed by atoms with Crippen LogP contribution in [0.3, 0.4) is 0 Å². The van der Waals surface area contributed by atoms with E-state index in [1.165, 1.54) is 7.11 Å². The third kappa shape index (κ3) is 4.13. The molecule has 0 heterocycles. The number of nitrogens with one attached hydrogen (secondary N) is 1. The Kier molecular flexibility index (Phi) is 6.31. The molecule has 0 saturated heterocycles. The summed E-state index contributed by atoms with van der Waals surface area (Å²) in [6, 6.07) is 5.87. The van der Waals surface area contributed by atoms with E-state index < -0.39 is 0 Å². The molecular weight excluding hydrogens is 258 g/mol. The van der Waals surface area contributed by atoms with Crippen LogP contribution in [0.15, 0.2) is 18.2 Å². The lowest BCUT2D eigenvalue weighted by atomic mass is 10.1. The van der Waals surface area contributed by atoms with Crippen molar-refractivity contribution >= 4 is 5.97 Å². The standard InChI is InChI=1S/C15H23NO4/c1-10(15(17)20-5)9-16-11(2)12-6-7-13(18-3)14(8-12)19-4/h6-8,10-11,16H,9H2,1-5H3. The topological polar surface area (TPSA) is 56.8 Å². The van der Waals surface area contributed by atoms with Gasteiger partial charge in [-0.05, 0) is 24.6 Å². The van der Waals surface area contributed by atoms with Gasteiger partial charge in [-0.3, -0.25) is 4.79 Å². The summed E-state index contributed by atoms with van der Waals surface area (Å²) >= 11 is 0. The molecule has 1 aromatic rings.